The molecule has 0 heterocycles. The Bertz CT molecular complexity index is 484. The van der Waals surface area contributed by atoms with Crippen molar-refractivity contribution in [1.29, 1.82) is 0 Å². The summed E-state index contributed by atoms with van der Waals surface area (Å²) in [6, 6.07) is 0. The first-order valence-electron chi connectivity index (χ1n) is 7.50. The Labute approximate surface area is 145 Å². The van der Waals surface area contributed by atoms with Gasteiger partial charge in [-0.1, -0.05) is 66.2 Å². The topological polar surface area (TPSA) is 0 Å². The van der Waals surface area contributed by atoms with Crippen molar-refractivity contribution in [3.05, 3.63) is 45.6 Å². The van der Waals surface area contributed by atoms with E-state index in [0.717, 1.165) is 0 Å². The van der Waals surface area contributed by atoms with Crippen LogP contribution in [0.5, 0.6) is 0 Å². The SMILES string of the molecule is CC1=[C-]C(C)(C)C(C)=C1C.CC1=[C-]C(C)(C)C(C)=C1C.[Ru+2]. The Morgan fingerprint density at radius 3 is 0.857 bits per heavy atom. The van der Waals surface area contributed by atoms with E-state index in [0.29, 0.717) is 0 Å². The van der Waals surface area contributed by atoms with Gasteiger partial charge < -0.3 is 0 Å². The van der Waals surface area contributed by atoms with Crippen LogP contribution in [-0.4, -0.2) is 0 Å². The van der Waals surface area contributed by atoms with E-state index in [1.165, 1.54) is 33.4 Å². The van der Waals surface area contributed by atoms with Crippen LogP contribution < -0.4 is 0 Å². The molecule has 2 aliphatic carbocycles. The zero-order chi connectivity index (χ0) is 15.9. The van der Waals surface area contributed by atoms with Gasteiger partial charge in [-0.2, -0.15) is 22.3 Å². The molecule has 0 spiro atoms. The first-order valence-corrected chi connectivity index (χ1v) is 7.50. The fourth-order valence-electron chi connectivity index (χ4n) is 2.81. The Kier molecular flexibility index (Phi) is 6.65. The largest absolute Gasteiger partial charge is 2.00 e. The van der Waals surface area contributed by atoms with E-state index in [4.69, 9.17) is 0 Å². The van der Waals surface area contributed by atoms with Crippen LogP contribution >= 0.6 is 0 Å². The zero-order valence-electron chi connectivity index (χ0n) is 15.4. The molecule has 0 amide bonds. The quantitative estimate of drug-likeness (QED) is 0.350. The fraction of sp³-hybridized carbons (Fsp3) is 0.600. The maximum Gasteiger partial charge on any atom is 2.00 e. The molecule has 0 radical (unpaired) electrons. The molecule has 0 fully saturated rings. The van der Waals surface area contributed by atoms with Crippen molar-refractivity contribution in [2.75, 3.05) is 0 Å². The number of hydrogen-bond donors (Lipinski definition) is 0. The van der Waals surface area contributed by atoms with Crippen molar-refractivity contribution >= 4 is 0 Å². The molecule has 0 saturated heterocycles. The summed E-state index contributed by atoms with van der Waals surface area (Å²) in [6.45, 7) is 21.8. The van der Waals surface area contributed by atoms with Crippen molar-refractivity contribution in [1.82, 2.24) is 0 Å². The average molecular weight is 372 g/mol. The van der Waals surface area contributed by atoms with Gasteiger partial charge in [0.15, 0.2) is 0 Å². The summed E-state index contributed by atoms with van der Waals surface area (Å²) < 4.78 is 0. The van der Waals surface area contributed by atoms with E-state index in [-0.39, 0.29) is 30.3 Å². The molecule has 0 aromatic carbocycles. The maximum absolute atomic E-state index is 3.44. The normalized spacial score (nSPS) is 22.4. The molecule has 0 atom stereocenters. The molecule has 1 heteroatoms. The van der Waals surface area contributed by atoms with E-state index >= 15 is 0 Å². The van der Waals surface area contributed by atoms with Crippen LogP contribution in [0.4, 0.5) is 0 Å². The second kappa shape index (κ2) is 6.78. The maximum atomic E-state index is 3.44. The number of rotatable bonds is 0. The molecule has 118 valence electrons. The van der Waals surface area contributed by atoms with Crippen molar-refractivity contribution in [3.8, 4) is 0 Å². The summed E-state index contributed by atoms with van der Waals surface area (Å²) in [4.78, 5) is 0. The molecule has 2 aliphatic rings. The molecule has 0 unspecified atom stereocenters. The summed E-state index contributed by atoms with van der Waals surface area (Å²) in [5, 5.41) is 0. The molecule has 0 saturated carbocycles. The van der Waals surface area contributed by atoms with E-state index in [1.54, 1.807) is 0 Å². The first-order chi connectivity index (χ1) is 8.90. The third kappa shape index (κ3) is 4.29. The Hall–Kier alpha value is -0.417. The van der Waals surface area contributed by atoms with Crippen molar-refractivity contribution in [2.45, 2.75) is 69.2 Å². The van der Waals surface area contributed by atoms with Crippen LogP contribution in [0.15, 0.2) is 33.4 Å². The van der Waals surface area contributed by atoms with Gasteiger partial charge in [-0.15, -0.1) is 13.8 Å². The van der Waals surface area contributed by atoms with Crippen LogP contribution in [-0.2, 0) is 19.5 Å². The number of allylic oxidation sites excluding steroid dienone is 8. The molecule has 0 nitrogen and oxygen atoms in total. The molecule has 0 N–H and O–H groups in total. The van der Waals surface area contributed by atoms with E-state index in [2.05, 4.69) is 81.4 Å². The Morgan fingerprint density at radius 1 is 0.571 bits per heavy atom. The Balaban J connectivity index is 0.000000364. The summed E-state index contributed by atoms with van der Waals surface area (Å²) >= 11 is 0. The predicted molar refractivity (Wildman–Crippen MR) is 89.2 cm³/mol. The van der Waals surface area contributed by atoms with Crippen molar-refractivity contribution in [2.24, 2.45) is 10.8 Å². The standard InChI is InChI=1S/2C10H15.Ru/c2*1-7-6-10(4,5)9(3)8(7)2;/h2*1-5H3;/q2*-1;+2. The van der Waals surface area contributed by atoms with Crippen LogP contribution in [0.25, 0.3) is 0 Å². The molecular weight excluding hydrogens is 341 g/mol. The van der Waals surface area contributed by atoms with Gasteiger partial charge in [0.1, 0.15) is 0 Å². The van der Waals surface area contributed by atoms with Gasteiger partial charge in [0.05, 0.1) is 0 Å². The predicted octanol–water partition coefficient (Wildman–Crippen LogP) is 6.22. The van der Waals surface area contributed by atoms with Gasteiger partial charge in [-0.05, 0) is 0 Å². The number of hydrogen-bond acceptors (Lipinski definition) is 0. The zero-order valence-corrected chi connectivity index (χ0v) is 17.1. The Morgan fingerprint density at radius 2 is 0.810 bits per heavy atom. The summed E-state index contributed by atoms with van der Waals surface area (Å²) in [5.41, 5.74) is 8.79. The van der Waals surface area contributed by atoms with Crippen molar-refractivity contribution in [3.63, 3.8) is 0 Å². The van der Waals surface area contributed by atoms with E-state index < -0.39 is 0 Å². The van der Waals surface area contributed by atoms with Crippen molar-refractivity contribution < 1.29 is 19.5 Å². The second-order valence-electron chi connectivity index (χ2n) is 7.25. The first kappa shape index (κ1) is 20.6. The summed E-state index contributed by atoms with van der Waals surface area (Å²) in [7, 11) is 0. The third-order valence-electron chi connectivity index (χ3n) is 5.12. The van der Waals surface area contributed by atoms with Crippen LogP contribution in [0.2, 0.25) is 0 Å². The van der Waals surface area contributed by atoms with Gasteiger partial charge in [0.2, 0.25) is 0 Å². The average Bonchev–Trinajstić information content (AvgIpc) is 2.60. The minimum Gasteiger partial charge on any atom is -0.263 e. The van der Waals surface area contributed by atoms with Gasteiger partial charge in [-0.3, -0.25) is 12.2 Å². The van der Waals surface area contributed by atoms with Crippen LogP contribution in [0.1, 0.15) is 69.2 Å². The summed E-state index contributed by atoms with van der Waals surface area (Å²) in [6.07, 6.45) is 6.87. The van der Waals surface area contributed by atoms with Gasteiger partial charge in [-0.25, -0.2) is 11.1 Å². The summed E-state index contributed by atoms with van der Waals surface area (Å²) in [5.74, 6) is 0. The smallest absolute Gasteiger partial charge is 0.263 e. The monoisotopic (exact) mass is 372 g/mol. The van der Waals surface area contributed by atoms with E-state index in [1.807, 2.05) is 0 Å². The van der Waals surface area contributed by atoms with Gasteiger partial charge in [0.25, 0.3) is 0 Å². The van der Waals surface area contributed by atoms with Gasteiger partial charge in [0, 0.05) is 0 Å². The van der Waals surface area contributed by atoms with E-state index in [9.17, 15) is 0 Å². The molecule has 0 aromatic heterocycles. The fourth-order valence-corrected chi connectivity index (χ4v) is 2.81. The molecule has 21 heavy (non-hydrogen) atoms. The van der Waals surface area contributed by atoms with Gasteiger partial charge >= 0.3 is 19.5 Å². The van der Waals surface area contributed by atoms with Crippen LogP contribution in [0.3, 0.4) is 0 Å². The third-order valence-corrected chi connectivity index (χ3v) is 5.12. The minimum atomic E-state index is 0. The molecule has 2 rings (SSSR count). The molecular formula is C20H30Ru. The molecule has 0 aromatic rings. The van der Waals surface area contributed by atoms with Crippen LogP contribution in [0, 0.1) is 23.0 Å². The second-order valence-corrected chi connectivity index (χ2v) is 7.25. The molecule has 0 aliphatic heterocycles. The minimum absolute atomic E-state index is 0. The molecule has 0 bridgehead atoms.